The predicted molar refractivity (Wildman–Crippen MR) is 103 cm³/mol. The third-order valence-corrected chi connectivity index (χ3v) is 5.37. The minimum Gasteiger partial charge on any atom is -0.511 e. The lowest BCUT2D eigenvalue weighted by molar-refractivity contribution is -0.136. The number of ketones is 1. The largest absolute Gasteiger partial charge is 0.511 e. The zero-order valence-corrected chi connectivity index (χ0v) is 16.0. The van der Waals surface area contributed by atoms with Crippen molar-refractivity contribution in [1.29, 1.82) is 0 Å². The minimum absolute atomic E-state index is 0.00577. The second-order valence-corrected chi connectivity index (χ2v) is 7.62. The maximum Gasteiger partial charge on any atom is 0.418 e. The zero-order chi connectivity index (χ0) is 20.6. The number of H-pyrrole nitrogens is 1. The molecule has 0 amide bonds. The number of nitrogens with zero attached hydrogens (tertiary/aromatic N) is 1. The number of rotatable bonds is 4. The molecule has 1 aliphatic rings. The minimum atomic E-state index is -4.50. The van der Waals surface area contributed by atoms with Gasteiger partial charge in [0.2, 0.25) is 0 Å². The number of hydrogen-bond donors (Lipinski definition) is 2. The van der Waals surface area contributed by atoms with Crippen LogP contribution in [0, 0.1) is 5.92 Å². The van der Waals surface area contributed by atoms with Crippen LogP contribution in [0.2, 0.25) is 0 Å². The molecule has 0 aliphatic heterocycles. The summed E-state index contributed by atoms with van der Waals surface area (Å²) in [6.07, 6.45) is -2.03. The first-order valence-corrected chi connectivity index (χ1v) is 9.25. The Hall–Kier alpha value is -2.57. The molecule has 0 fully saturated rings. The average molecular weight is 392 g/mol. The number of benzene rings is 1. The van der Waals surface area contributed by atoms with Gasteiger partial charge in [-0.1, -0.05) is 26.0 Å². The van der Waals surface area contributed by atoms with Crippen LogP contribution in [0.1, 0.15) is 50.7 Å². The van der Waals surface area contributed by atoms with E-state index in [9.17, 15) is 23.1 Å². The number of carbonyl (C=O) groups is 1. The quantitative estimate of drug-likeness (QED) is 0.669. The highest BCUT2D eigenvalue weighted by Gasteiger charge is 2.36. The van der Waals surface area contributed by atoms with Gasteiger partial charge < -0.3 is 10.1 Å². The highest BCUT2D eigenvalue weighted by atomic mass is 19.4. The second-order valence-electron chi connectivity index (χ2n) is 7.62. The predicted octanol–water partition coefficient (Wildman–Crippen LogP) is 5.56. The molecule has 28 heavy (non-hydrogen) atoms. The van der Waals surface area contributed by atoms with Crippen LogP contribution in [0.5, 0.6) is 0 Å². The standard InChI is InChI=1S/C21H23F3N2O2/c1-11(2)12(3)25-9-15-18(27)7-13(8-19(15)28)14-5-4-6-17-20(14)16(10-26-17)21(22,23)24/h4-6,9-13,26-27H,7-8H2,1-3H3. The molecule has 1 aliphatic carbocycles. The van der Waals surface area contributed by atoms with Crippen molar-refractivity contribution in [3.05, 3.63) is 46.9 Å². The molecular weight excluding hydrogens is 369 g/mol. The fraction of sp³-hybridized carbons (Fsp3) is 0.429. The van der Waals surface area contributed by atoms with Gasteiger partial charge in [0, 0.05) is 42.2 Å². The summed E-state index contributed by atoms with van der Waals surface area (Å²) in [5, 5.41) is 10.5. The number of aromatic nitrogens is 1. The lowest BCUT2D eigenvalue weighted by Gasteiger charge is -2.24. The zero-order valence-electron chi connectivity index (χ0n) is 16.0. The average Bonchev–Trinajstić information content (AvgIpc) is 3.05. The maximum absolute atomic E-state index is 13.4. The van der Waals surface area contributed by atoms with Crippen LogP contribution in [0.4, 0.5) is 13.2 Å². The summed E-state index contributed by atoms with van der Waals surface area (Å²) >= 11 is 0. The molecule has 3 rings (SSSR count). The van der Waals surface area contributed by atoms with Gasteiger partial charge in [0.05, 0.1) is 11.1 Å². The lowest BCUT2D eigenvalue weighted by Crippen LogP contribution is -2.20. The molecule has 1 heterocycles. The number of carbonyl (C=O) groups excluding carboxylic acids is 1. The van der Waals surface area contributed by atoms with E-state index in [4.69, 9.17) is 0 Å². The van der Waals surface area contributed by atoms with E-state index in [1.807, 2.05) is 20.8 Å². The van der Waals surface area contributed by atoms with E-state index in [0.717, 1.165) is 6.20 Å². The third kappa shape index (κ3) is 3.84. The summed E-state index contributed by atoms with van der Waals surface area (Å²) in [4.78, 5) is 19.6. The van der Waals surface area contributed by atoms with Gasteiger partial charge in [-0.25, -0.2) is 0 Å². The molecule has 0 saturated carbocycles. The van der Waals surface area contributed by atoms with Crippen LogP contribution in [-0.2, 0) is 11.0 Å². The fourth-order valence-electron chi connectivity index (χ4n) is 3.42. The number of halogens is 3. The Labute approximate surface area is 161 Å². The van der Waals surface area contributed by atoms with E-state index in [1.54, 1.807) is 18.2 Å². The molecule has 150 valence electrons. The van der Waals surface area contributed by atoms with E-state index in [1.165, 1.54) is 6.21 Å². The van der Waals surface area contributed by atoms with Crippen LogP contribution < -0.4 is 0 Å². The normalized spacial score (nSPS) is 20.0. The first kappa shape index (κ1) is 20.2. The molecule has 0 bridgehead atoms. The van der Waals surface area contributed by atoms with E-state index >= 15 is 0 Å². The second kappa shape index (κ2) is 7.45. The molecule has 0 spiro atoms. The van der Waals surface area contributed by atoms with E-state index in [2.05, 4.69) is 9.98 Å². The van der Waals surface area contributed by atoms with Crippen LogP contribution in [-0.4, -0.2) is 28.1 Å². The highest BCUT2D eigenvalue weighted by molar-refractivity contribution is 6.14. The summed E-state index contributed by atoms with van der Waals surface area (Å²) in [6.45, 7) is 5.93. The first-order chi connectivity index (χ1) is 13.1. The molecule has 4 nitrogen and oxygen atoms in total. The Bertz CT molecular complexity index is 954. The topological polar surface area (TPSA) is 65.5 Å². The number of aromatic amines is 1. The number of alkyl halides is 3. The molecule has 2 unspecified atom stereocenters. The van der Waals surface area contributed by atoms with Gasteiger partial charge in [-0.05, 0) is 30.4 Å². The molecule has 0 radical (unpaired) electrons. The number of allylic oxidation sites excluding steroid dienone is 2. The van der Waals surface area contributed by atoms with Gasteiger partial charge in [0.15, 0.2) is 5.78 Å². The van der Waals surface area contributed by atoms with Crippen molar-refractivity contribution < 1.29 is 23.1 Å². The fourth-order valence-corrected chi connectivity index (χ4v) is 3.42. The van der Waals surface area contributed by atoms with E-state index < -0.39 is 17.7 Å². The molecule has 7 heteroatoms. The molecular formula is C21H23F3N2O2. The number of nitrogens with one attached hydrogen (secondary N) is 1. The Morgan fingerprint density at radius 3 is 2.57 bits per heavy atom. The van der Waals surface area contributed by atoms with Crippen LogP contribution >= 0.6 is 0 Å². The van der Waals surface area contributed by atoms with Gasteiger partial charge in [-0.3, -0.25) is 9.79 Å². The summed E-state index contributed by atoms with van der Waals surface area (Å²) in [7, 11) is 0. The highest BCUT2D eigenvalue weighted by Crippen LogP contribution is 2.42. The van der Waals surface area contributed by atoms with Gasteiger partial charge in [0.25, 0.3) is 0 Å². The number of aliphatic imine (C=N–C) groups is 1. The van der Waals surface area contributed by atoms with Crippen molar-refractivity contribution in [3.8, 4) is 0 Å². The van der Waals surface area contributed by atoms with Gasteiger partial charge >= 0.3 is 6.18 Å². The molecule has 2 N–H and O–H groups in total. The Morgan fingerprint density at radius 1 is 1.25 bits per heavy atom. The van der Waals surface area contributed by atoms with Gasteiger partial charge in [-0.2, -0.15) is 13.2 Å². The monoisotopic (exact) mass is 392 g/mol. The maximum atomic E-state index is 13.4. The number of Topliss-reactive ketones (excluding diaryl/α,β-unsaturated/α-hetero) is 1. The molecule has 1 aromatic heterocycles. The molecule has 1 aromatic carbocycles. The van der Waals surface area contributed by atoms with Crippen LogP contribution in [0.25, 0.3) is 10.9 Å². The van der Waals surface area contributed by atoms with Crippen LogP contribution in [0.3, 0.4) is 0 Å². The lowest BCUT2D eigenvalue weighted by atomic mass is 9.81. The summed E-state index contributed by atoms with van der Waals surface area (Å²) in [5.74, 6) is -0.665. The van der Waals surface area contributed by atoms with Crippen molar-refractivity contribution >= 4 is 22.9 Å². The Morgan fingerprint density at radius 2 is 1.96 bits per heavy atom. The van der Waals surface area contributed by atoms with Crippen molar-refractivity contribution in [1.82, 2.24) is 4.98 Å². The number of fused-ring (bicyclic) bond motifs is 1. The summed E-state index contributed by atoms with van der Waals surface area (Å²) in [6, 6.07) is 4.81. The van der Waals surface area contributed by atoms with E-state index in [-0.39, 0.29) is 47.3 Å². The van der Waals surface area contributed by atoms with Crippen molar-refractivity contribution in [2.24, 2.45) is 10.9 Å². The number of hydrogen-bond acceptors (Lipinski definition) is 3. The smallest absolute Gasteiger partial charge is 0.418 e. The molecule has 2 atom stereocenters. The summed E-state index contributed by atoms with van der Waals surface area (Å²) < 4.78 is 40.2. The number of aliphatic hydroxyl groups excluding tert-OH is 1. The summed E-state index contributed by atoms with van der Waals surface area (Å²) in [5.41, 5.74) is 0.171. The SMILES string of the molecule is CC(C)C(C)N=CC1=C(O)CC(c2cccc3[nH]cc(C(F)(F)F)c23)CC1=O. The van der Waals surface area contributed by atoms with Gasteiger partial charge in [0.1, 0.15) is 5.76 Å². The van der Waals surface area contributed by atoms with Crippen LogP contribution in [0.15, 0.2) is 40.7 Å². The first-order valence-electron chi connectivity index (χ1n) is 9.25. The van der Waals surface area contributed by atoms with Gasteiger partial charge in [-0.15, -0.1) is 0 Å². The number of aliphatic hydroxyl groups is 1. The third-order valence-electron chi connectivity index (χ3n) is 5.37. The Kier molecular flexibility index (Phi) is 5.37. The van der Waals surface area contributed by atoms with Crippen molar-refractivity contribution in [3.63, 3.8) is 0 Å². The van der Waals surface area contributed by atoms with E-state index in [0.29, 0.717) is 11.1 Å². The molecule has 2 aromatic rings. The van der Waals surface area contributed by atoms with Crippen molar-refractivity contribution in [2.45, 2.75) is 51.7 Å². The Balaban J connectivity index is 1.98. The molecule has 0 saturated heterocycles. The van der Waals surface area contributed by atoms with Crippen molar-refractivity contribution in [2.75, 3.05) is 0 Å².